The largest absolute Gasteiger partial charge is 0.496 e. The Balaban J connectivity index is 1.74. The summed E-state index contributed by atoms with van der Waals surface area (Å²) in [5.41, 5.74) is 3.16. The summed E-state index contributed by atoms with van der Waals surface area (Å²) in [6.45, 7) is 4.29. The lowest BCUT2D eigenvalue weighted by Crippen LogP contribution is -2.44. The number of carbonyl (C=O) groups is 1. The summed E-state index contributed by atoms with van der Waals surface area (Å²) < 4.78 is 13.0. The van der Waals surface area contributed by atoms with Gasteiger partial charge < -0.3 is 14.4 Å². The lowest BCUT2D eigenvalue weighted by Gasteiger charge is -2.31. The highest BCUT2D eigenvalue weighted by atomic mass is 16.5. The summed E-state index contributed by atoms with van der Waals surface area (Å²) in [5, 5.41) is 4.78. The van der Waals surface area contributed by atoms with Gasteiger partial charge in [0.1, 0.15) is 11.4 Å². The van der Waals surface area contributed by atoms with Crippen LogP contribution in [-0.4, -0.2) is 53.5 Å². The van der Waals surface area contributed by atoms with Crippen molar-refractivity contribution >= 4 is 5.91 Å². The molecule has 6 nitrogen and oxygen atoms in total. The van der Waals surface area contributed by atoms with Crippen LogP contribution in [0.1, 0.15) is 22.8 Å². The van der Waals surface area contributed by atoms with Gasteiger partial charge >= 0.3 is 0 Å². The summed E-state index contributed by atoms with van der Waals surface area (Å²) in [7, 11) is 1.63. The van der Waals surface area contributed by atoms with Crippen LogP contribution in [0.5, 0.6) is 5.75 Å². The number of morpholine rings is 1. The molecule has 0 unspecified atom stereocenters. The molecular formula is C23H25N3O3. The number of hydrogen-bond acceptors (Lipinski definition) is 4. The van der Waals surface area contributed by atoms with Crippen LogP contribution in [-0.2, 0) is 11.3 Å². The number of amides is 1. The number of nitrogens with zero attached hydrogens (tertiary/aromatic N) is 3. The molecule has 1 fully saturated rings. The van der Waals surface area contributed by atoms with Crippen LogP contribution in [0.15, 0.2) is 60.8 Å². The Morgan fingerprint density at radius 2 is 1.93 bits per heavy atom. The molecule has 0 spiro atoms. The van der Waals surface area contributed by atoms with Crippen molar-refractivity contribution in [2.24, 2.45) is 0 Å². The maximum Gasteiger partial charge on any atom is 0.257 e. The molecule has 0 radical (unpaired) electrons. The maximum atomic E-state index is 13.4. The van der Waals surface area contributed by atoms with Crippen LogP contribution >= 0.6 is 0 Å². The maximum absolute atomic E-state index is 13.4. The molecule has 2 aromatic carbocycles. The lowest BCUT2D eigenvalue weighted by atomic mass is 10.1. The van der Waals surface area contributed by atoms with Crippen molar-refractivity contribution < 1.29 is 14.3 Å². The SMILES string of the molecule is COc1ccccc1-c1nn(Cc2ccccc2)cc1C(=O)N1CCO[C@@H](C)C1. The minimum Gasteiger partial charge on any atom is -0.496 e. The topological polar surface area (TPSA) is 56.6 Å². The fraction of sp³-hybridized carbons (Fsp3) is 0.304. The van der Waals surface area contributed by atoms with E-state index in [0.717, 1.165) is 11.1 Å². The highest BCUT2D eigenvalue weighted by Gasteiger charge is 2.27. The van der Waals surface area contributed by atoms with Crippen molar-refractivity contribution in [2.45, 2.75) is 19.6 Å². The van der Waals surface area contributed by atoms with E-state index in [0.29, 0.717) is 43.2 Å². The van der Waals surface area contributed by atoms with Crippen LogP contribution in [0.25, 0.3) is 11.3 Å². The number of ether oxygens (including phenoxy) is 2. The first-order valence-electron chi connectivity index (χ1n) is 9.81. The van der Waals surface area contributed by atoms with Gasteiger partial charge in [-0.05, 0) is 24.6 Å². The lowest BCUT2D eigenvalue weighted by molar-refractivity contribution is -0.0123. The first-order chi connectivity index (χ1) is 14.2. The van der Waals surface area contributed by atoms with Gasteiger partial charge in [0.05, 0.1) is 31.9 Å². The third-order valence-corrected chi connectivity index (χ3v) is 5.07. The second-order valence-corrected chi connectivity index (χ2v) is 7.21. The molecule has 0 N–H and O–H groups in total. The van der Waals surface area contributed by atoms with Crippen molar-refractivity contribution in [3.63, 3.8) is 0 Å². The molecule has 3 aromatic rings. The molecule has 29 heavy (non-hydrogen) atoms. The Labute approximate surface area is 170 Å². The van der Waals surface area contributed by atoms with Crippen molar-refractivity contribution in [2.75, 3.05) is 26.8 Å². The molecule has 1 aromatic heterocycles. The van der Waals surface area contributed by atoms with Crippen molar-refractivity contribution in [1.82, 2.24) is 14.7 Å². The van der Waals surface area contributed by atoms with Gasteiger partial charge in [0, 0.05) is 24.8 Å². The highest BCUT2D eigenvalue weighted by Crippen LogP contribution is 2.32. The van der Waals surface area contributed by atoms with E-state index in [2.05, 4.69) is 12.1 Å². The average molecular weight is 391 g/mol. The Morgan fingerprint density at radius 1 is 1.17 bits per heavy atom. The predicted molar refractivity (Wildman–Crippen MR) is 111 cm³/mol. The minimum absolute atomic E-state index is 0.0274. The van der Waals surface area contributed by atoms with Gasteiger partial charge in [-0.25, -0.2) is 0 Å². The van der Waals surface area contributed by atoms with Gasteiger partial charge in [-0.1, -0.05) is 42.5 Å². The molecule has 0 saturated carbocycles. The quantitative estimate of drug-likeness (QED) is 0.668. The van der Waals surface area contributed by atoms with E-state index in [1.807, 2.05) is 65.2 Å². The second-order valence-electron chi connectivity index (χ2n) is 7.21. The zero-order valence-corrected chi connectivity index (χ0v) is 16.7. The van der Waals surface area contributed by atoms with E-state index >= 15 is 0 Å². The van der Waals surface area contributed by atoms with Crippen LogP contribution in [0.2, 0.25) is 0 Å². The smallest absolute Gasteiger partial charge is 0.257 e. The fourth-order valence-electron chi connectivity index (χ4n) is 3.64. The first kappa shape index (κ1) is 19.2. The van der Waals surface area contributed by atoms with Gasteiger partial charge in [-0.15, -0.1) is 0 Å². The van der Waals surface area contributed by atoms with Gasteiger partial charge in [-0.2, -0.15) is 5.10 Å². The monoisotopic (exact) mass is 391 g/mol. The zero-order chi connectivity index (χ0) is 20.2. The Morgan fingerprint density at radius 3 is 2.69 bits per heavy atom. The Kier molecular flexibility index (Phi) is 5.62. The molecule has 2 heterocycles. The highest BCUT2D eigenvalue weighted by molar-refractivity contribution is 6.00. The summed E-state index contributed by atoms with van der Waals surface area (Å²) in [4.78, 5) is 15.2. The van der Waals surface area contributed by atoms with Crippen LogP contribution < -0.4 is 4.74 Å². The van der Waals surface area contributed by atoms with E-state index in [1.54, 1.807) is 7.11 Å². The first-order valence-corrected chi connectivity index (χ1v) is 9.81. The third kappa shape index (κ3) is 4.17. The molecule has 4 rings (SSSR count). The molecule has 1 atom stereocenters. The van der Waals surface area contributed by atoms with E-state index in [-0.39, 0.29) is 12.0 Å². The van der Waals surface area contributed by atoms with Gasteiger partial charge in [0.25, 0.3) is 5.91 Å². The molecule has 0 aliphatic carbocycles. The minimum atomic E-state index is -0.0274. The Hall–Kier alpha value is -3.12. The summed E-state index contributed by atoms with van der Waals surface area (Å²) in [6.07, 6.45) is 1.87. The standard InChI is InChI=1S/C23H25N3O3/c1-17-14-25(12-13-29-17)23(27)20-16-26(15-18-8-4-3-5-9-18)24-22(20)19-10-6-7-11-21(19)28-2/h3-11,16-17H,12-15H2,1-2H3/t17-/m0/s1. The summed E-state index contributed by atoms with van der Waals surface area (Å²) >= 11 is 0. The number of methoxy groups -OCH3 is 1. The number of aromatic nitrogens is 2. The van der Waals surface area contributed by atoms with Gasteiger partial charge in [0.2, 0.25) is 0 Å². The molecular weight excluding hydrogens is 366 g/mol. The second kappa shape index (κ2) is 8.49. The fourth-order valence-corrected chi connectivity index (χ4v) is 3.64. The predicted octanol–water partition coefficient (Wildman–Crippen LogP) is 3.47. The number of carbonyl (C=O) groups excluding carboxylic acids is 1. The van der Waals surface area contributed by atoms with Gasteiger partial charge in [0.15, 0.2) is 0 Å². The molecule has 1 amide bonds. The van der Waals surface area contributed by atoms with Crippen molar-refractivity contribution in [3.05, 3.63) is 71.9 Å². The number of para-hydroxylation sites is 1. The van der Waals surface area contributed by atoms with Gasteiger partial charge in [-0.3, -0.25) is 9.48 Å². The molecule has 6 heteroatoms. The van der Waals surface area contributed by atoms with E-state index in [9.17, 15) is 4.79 Å². The number of benzene rings is 2. The van der Waals surface area contributed by atoms with Crippen molar-refractivity contribution in [1.29, 1.82) is 0 Å². The molecule has 1 aliphatic rings. The molecule has 1 aliphatic heterocycles. The van der Waals surface area contributed by atoms with Crippen LogP contribution in [0.3, 0.4) is 0 Å². The Bertz CT molecular complexity index is 984. The van der Waals surface area contributed by atoms with Crippen LogP contribution in [0, 0.1) is 0 Å². The number of hydrogen-bond donors (Lipinski definition) is 0. The molecule has 0 bridgehead atoms. The van der Waals surface area contributed by atoms with E-state index in [1.165, 1.54) is 0 Å². The van der Waals surface area contributed by atoms with E-state index < -0.39 is 0 Å². The summed E-state index contributed by atoms with van der Waals surface area (Å²) in [5.74, 6) is 0.669. The number of rotatable bonds is 5. The zero-order valence-electron chi connectivity index (χ0n) is 16.7. The normalized spacial score (nSPS) is 16.6. The summed E-state index contributed by atoms with van der Waals surface area (Å²) in [6, 6.07) is 17.8. The van der Waals surface area contributed by atoms with Crippen molar-refractivity contribution in [3.8, 4) is 17.0 Å². The van der Waals surface area contributed by atoms with Crippen LogP contribution in [0.4, 0.5) is 0 Å². The molecule has 1 saturated heterocycles. The molecule has 150 valence electrons. The van der Waals surface area contributed by atoms with E-state index in [4.69, 9.17) is 14.6 Å². The third-order valence-electron chi connectivity index (χ3n) is 5.07. The average Bonchev–Trinajstić information content (AvgIpc) is 3.17.